The molecule has 2 aromatic carbocycles. The van der Waals surface area contributed by atoms with Crippen molar-refractivity contribution in [3.05, 3.63) is 41.5 Å². The summed E-state index contributed by atoms with van der Waals surface area (Å²) in [5.41, 5.74) is 1.10. The summed E-state index contributed by atoms with van der Waals surface area (Å²) in [5, 5.41) is 11.4. The van der Waals surface area contributed by atoms with Gasteiger partial charge in [-0.05, 0) is 29.3 Å². The van der Waals surface area contributed by atoms with Gasteiger partial charge in [-0.1, -0.05) is 24.3 Å². The number of carbonyl (C=O) groups excluding carboxylic acids is 1. The number of phenols is 1. The second-order valence-electron chi connectivity index (χ2n) is 3.29. The minimum atomic E-state index is 0.0821. The van der Waals surface area contributed by atoms with Gasteiger partial charge in [0.05, 0.1) is 5.56 Å². The van der Waals surface area contributed by atoms with E-state index in [1.54, 1.807) is 6.92 Å². The largest absolute Gasteiger partial charge is 0.507 e. The molecule has 2 aromatic rings. The van der Waals surface area contributed by atoms with E-state index < -0.39 is 0 Å². The van der Waals surface area contributed by atoms with Crippen molar-refractivity contribution >= 4 is 17.1 Å². The molecule has 0 aliphatic heterocycles. The number of fused-ring (bicyclic) bond motifs is 1. The van der Waals surface area contributed by atoms with Gasteiger partial charge in [-0.2, -0.15) is 0 Å². The minimum absolute atomic E-state index is 0.0821. The zero-order valence-corrected chi connectivity index (χ0v) is 7.82. The average molecular weight is 186 g/mol. The van der Waals surface area contributed by atoms with Crippen LogP contribution in [0.5, 0.6) is 5.75 Å². The van der Waals surface area contributed by atoms with Crippen molar-refractivity contribution in [2.45, 2.75) is 6.92 Å². The van der Waals surface area contributed by atoms with E-state index in [0.29, 0.717) is 11.8 Å². The Morgan fingerprint density at radius 2 is 2.00 bits per heavy atom. The number of aldehydes is 1. The van der Waals surface area contributed by atoms with Crippen LogP contribution in [0.25, 0.3) is 10.8 Å². The van der Waals surface area contributed by atoms with E-state index >= 15 is 0 Å². The highest BCUT2D eigenvalue weighted by atomic mass is 16.3. The number of phenolic OH excluding ortho intramolecular Hbond substituents is 1. The van der Waals surface area contributed by atoms with E-state index in [4.69, 9.17) is 0 Å². The van der Waals surface area contributed by atoms with Gasteiger partial charge < -0.3 is 5.11 Å². The second-order valence-corrected chi connectivity index (χ2v) is 3.29. The predicted molar refractivity (Wildman–Crippen MR) is 55.7 cm³/mol. The van der Waals surface area contributed by atoms with Crippen LogP contribution in [0.2, 0.25) is 0 Å². The predicted octanol–water partition coefficient (Wildman–Crippen LogP) is 2.67. The zero-order valence-electron chi connectivity index (χ0n) is 7.82. The van der Waals surface area contributed by atoms with Crippen molar-refractivity contribution in [3.8, 4) is 5.75 Å². The average Bonchev–Trinajstić information content (AvgIpc) is 2.20. The molecule has 0 spiro atoms. The van der Waals surface area contributed by atoms with Crippen LogP contribution in [0.4, 0.5) is 0 Å². The monoisotopic (exact) mass is 186 g/mol. The highest BCUT2D eigenvalue weighted by molar-refractivity contribution is 6.01. The normalized spacial score (nSPS) is 10.4. The molecule has 2 rings (SSSR count). The van der Waals surface area contributed by atoms with E-state index in [9.17, 15) is 9.90 Å². The molecule has 0 radical (unpaired) electrons. The van der Waals surface area contributed by atoms with Gasteiger partial charge >= 0.3 is 0 Å². The molecule has 0 aliphatic rings. The molecule has 70 valence electrons. The summed E-state index contributed by atoms with van der Waals surface area (Å²) < 4.78 is 0. The first-order chi connectivity index (χ1) is 6.74. The molecular weight excluding hydrogens is 176 g/mol. The molecule has 0 aromatic heterocycles. The SMILES string of the molecule is Cc1cc2ccccc2c(C=O)c1O. The van der Waals surface area contributed by atoms with Gasteiger partial charge in [-0.25, -0.2) is 0 Å². The molecule has 2 heteroatoms. The van der Waals surface area contributed by atoms with Crippen LogP contribution in [-0.4, -0.2) is 11.4 Å². The molecule has 0 saturated carbocycles. The second kappa shape index (κ2) is 3.14. The van der Waals surface area contributed by atoms with E-state index in [-0.39, 0.29) is 5.75 Å². The summed E-state index contributed by atoms with van der Waals surface area (Å²) in [7, 11) is 0. The highest BCUT2D eigenvalue weighted by Gasteiger charge is 2.08. The first kappa shape index (κ1) is 8.75. The van der Waals surface area contributed by atoms with Crippen molar-refractivity contribution < 1.29 is 9.90 Å². The molecule has 1 N–H and O–H groups in total. The Kier molecular flexibility index (Phi) is 1.97. The summed E-state index contributed by atoms with van der Waals surface area (Å²) >= 11 is 0. The number of hydrogen-bond acceptors (Lipinski definition) is 2. The van der Waals surface area contributed by atoms with Crippen molar-refractivity contribution in [1.82, 2.24) is 0 Å². The fourth-order valence-corrected chi connectivity index (χ4v) is 1.63. The molecule has 0 atom stereocenters. The molecule has 0 heterocycles. The first-order valence-corrected chi connectivity index (χ1v) is 4.40. The van der Waals surface area contributed by atoms with E-state index in [1.807, 2.05) is 30.3 Å². The van der Waals surface area contributed by atoms with Crippen LogP contribution in [0.3, 0.4) is 0 Å². The van der Waals surface area contributed by atoms with Gasteiger partial charge in [-0.15, -0.1) is 0 Å². The molecule has 2 nitrogen and oxygen atoms in total. The first-order valence-electron chi connectivity index (χ1n) is 4.40. The van der Waals surface area contributed by atoms with Crippen LogP contribution in [0.15, 0.2) is 30.3 Å². The third-order valence-electron chi connectivity index (χ3n) is 2.37. The number of aromatic hydroxyl groups is 1. The number of hydrogen-bond donors (Lipinski definition) is 1. The van der Waals surface area contributed by atoms with Gasteiger partial charge in [0.25, 0.3) is 0 Å². The van der Waals surface area contributed by atoms with E-state index in [2.05, 4.69) is 0 Å². The van der Waals surface area contributed by atoms with Crippen LogP contribution >= 0.6 is 0 Å². The maximum atomic E-state index is 10.8. The van der Waals surface area contributed by atoms with Gasteiger partial charge in [0.2, 0.25) is 0 Å². The van der Waals surface area contributed by atoms with Crippen LogP contribution in [0, 0.1) is 6.92 Å². The van der Waals surface area contributed by atoms with Crippen LogP contribution in [-0.2, 0) is 0 Å². The van der Waals surface area contributed by atoms with Crippen molar-refractivity contribution in [3.63, 3.8) is 0 Å². The summed E-state index contributed by atoms with van der Waals surface area (Å²) in [6, 6.07) is 9.39. The topological polar surface area (TPSA) is 37.3 Å². The summed E-state index contributed by atoms with van der Waals surface area (Å²) in [4.78, 5) is 10.8. The maximum Gasteiger partial charge on any atom is 0.154 e. The molecule has 14 heavy (non-hydrogen) atoms. The van der Waals surface area contributed by atoms with Gasteiger partial charge in [-0.3, -0.25) is 4.79 Å². The van der Waals surface area contributed by atoms with Gasteiger partial charge in [0.1, 0.15) is 5.75 Å². The Bertz CT molecular complexity index is 501. The molecule has 0 amide bonds. The molecular formula is C12H10O2. The lowest BCUT2D eigenvalue weighted by atomic mass is 10.0. The Morgan fingerprint density at radius 1 is 1.29 bits per heavy atom. The van der Waals surface area contributed by atoms with Crippen molar-refractivity contribution in [2.75, 3.05) is 0 Å². The molecule has 0 bridgehead atoms. The number of aryl methyl sites for hydroxylation is 1. The summed E-state index contributed by atoms with van der Waals surface area (Å²) in [6.07, 6.45) is 0.699. The molecule has 0 unspecified atom stereocenters. The lowest BCUT2D eigenvalue weighted by molar-refractivity contribution is 0.112. The number of benzene rings is 2. The highest BCUT2D eigenvalue weighted by Crippen LogP contribution is 2.29. The van der Waals surface area contributed by atoms with Crippen LogP contribution < -0.4 is 0 Å². The number of carbonyl (C=O) groups is 1. The fraction of sp³-hybridized carbons (Fsp3) is 0.0833. The summed E-state index contributed by atoms with van der Waals surface area (Å²) in [5.74, 6) is 0.0821. The fourth-order valence-electron chi connectivity index (χ4n) is 1.63. The third kappa shape index (κ3) is 1.16. The Balaban J connectivity index is 2.96. The lowest BCUT2D eigenvalue weighted by Crippen LogP contribution is -1.87. The number of rotatable bonds is 1. The standard InChI is InChI=1S/C12H10O2/c1-8-6-9-4-2-3-5-10(9)11(7-13)12(8)14/h2-7,14H,1H3. The minimum Gasteiger partial charge on any atom is -0.507 e. The Labute approximate surface area is 81.8 Å². The third-order valence-corrected chi connectivity index (χ3v) is 2.37. The maximum absolute atomic E-state index is 10.8. The van der Waals surface area contributed by atoms with Gasteiger partial charge in [0, 0.05) is 0 Å². The smallest absolute Gasteiger partial charge is 0.154 e. The molecule has 0 aliphatic carbocycles. The van der Waals surface area contributed by atoms with Crippen molar-refractivity contribution in [1.29, 1.82) is 0 Å². The summed E-state index contributed by atoms with van der Waals surface area (Å²) in [6.45, 7) is 1.79. The van der Waals surface area contributed by atoms with E-state index in [1.165, 1.54) is 0 Å². The lowest BCUT2D eigenvalue weighted by Gasteiger charge is -2.06. The zero-order chi connectivity index (χ0) is 10.1. The Morgan fingerprint density at radius 3 is 2.71 bits per heavy atom. The van der Waals surface area contributed by atoms with Crippen molar-refractivity contribution in [2.24, 2.45) is 0 Å². The molecule has 0 fully saturated rings. The molecule has 0 saturated heterocycles. The van der Waals surface area contributed by atoms with Crippen LogP contribution in [0.1, 0.15) is 15.9 Å². The Hall–Kier alpha value is -1.83. The van der Waals surface area contributed by atoms with E-state index in [0.717, 1.165) is 16.3 Å². The van der Waals surface area contributed by atoms with Gasteiger partial charge in [0.15, 0.2) is 6.29 Å². The quantitative estimate of drug-likeness (QED) is 0.695.